The highest BCUT2D eigenvalue weighted by Gasteiger charge is 2.42. The van der Waals surface area contributed by atoms with Crippen LogP contribution in [0.15, 0.2) is 9.79 Å². The molecule has 0 aromatic carbocycles. The minimum absolute atomic E-state index is 0.301. The predicted molar refractivity (Wildman–Crippen MR) is 149 cm³/mol. The lowest BCUT2D eigenvalue weighted by atomic mass is 10.2. The fraction of sp³-hybridized carbons (Fsp3) is 0.240. The van der Waals surface area contributed by atoms with Crippen LogP contribution in [0, 0.1) is 51.4 Å². The number of hydrogen-bond donors (Lipinski definition) is 0. The molecule has 0 amide bonds. The first-order valence-corrected chi connectivity index (χ1v) is 16.1. The Bertz CT molecular complexity index is 1910. The third kappa shape index (κ3) is 3.06. The summed E-state index contributed by atoms with van der Waals surface area (Å²) in [7, 11) is -3.63. The fourth-order valence-corrected chi connectivity index (χ4v) is 14.6. The fourth-order valence-electron chi connectivity index (χ4n) is 4.61. The molecule has 0 atom stereocenters. The molecule has 10 heteroatoms. The van der Waals surface area contributed by atoms with E-state index in [0.29, 0.717) is 33.4 Å². The van der Waals surface area contributed by atoms with Crippen molar-refractivity contribution in [2.45, 2.75) is 44.1 Å². The molecule has 0 saturated heterocycles. The van der Waals surface area contributed by atoms with E-state index < -0.39 is 9.84 Å². The third-order valence-corrected chi connectivity index (χ3v) is 15.9. The van der Waals surface area contributed by atoms with E-state index in [9.17, 15) is 13.7 Å². The number of rotatable bonds is 4. The molecule has 0 saturated carbocycles. The molecule has 0 unspecified atom stereocenters. The first-order valence-electron chi connectivity index (χ1n) is 10.6. The molecule has 0 fully saturated rings. The zero-order valence-corrected chi connectivity index (χ0v) is 24.0. The number of hydrogen-bond acceptors (Lipinski definition) is 9. The van der Waals surface area contributed by atoms with Crippen molar-refractivity contribution in [2.75, 3.05) is 6.61 Å². The number of sulfone groups is 1. The van der Waals surface area contributed by atoms with Crippen LogP contribution < -0.4 is 0 Å². The van der Waals surface area contributed by atoms with Gasteiger partial charge in [0.25, 0.3) is 0 Å². The van der Waals surface area contributed by atoms with Crippen molar-refractivity contribution in [1.82, 2.24) is 0 Å². The van der Waals surface area contributed by atoms with Crippen LogP contribution in [0.4, 0.5) is 0 Å². The van der Waals surface area contributed by atoms with Crippen LogP contribution in [0.25, 0.3) is 38.3 Å². The normalized spacial score (nSPS) is 13.9. The van der Waals surface area contributed by atoms with Gasteiger partial charge in [-0.3, -0.25) is 0 Å². The second-order valence-corrected chi connectivity index (χ2v) is 15.4. The van der Waals surface area contributed by atoms with Gasteiger partial charge in [0.05, 0.1) is 45.0 Å². The minimum Gasteiger partial charge on any atom is -0.363 e. The summed E-state index contributed by atoms with van der Waals surface area (Å²) in [5, 5.41) is 9.45. The van der Waals surface area contributed by atoms with Crippen LogP contribution in [0.3, 0.4) is 0 Å². The number of ether oxygens (including phenoxy) is 1. The van der Waals surface area contributed by atoms with Gasteiger partial charge in [0.2, 0.25) is 9.84 Å². The Hall–Kier alpha value is -2.02. The molecule has 6 rings (SSSR count). The van der Waals surface area contributed by atoms with Crippen LogP contribution in [0.5, 0.6) is 0 Å². The molecule has 1 aliphatic rings. The number of terminal acetylenes is 1. The molecule has 35 heavy (non-hydrogen) atoms. The Morgan fingerprint density at radius 3 is 2.11 bits per heavy atom. The predicted octanol–water partition coefficient (Wildman–Crippen LogP) is 8.04. The monoisotopic (exact) mass is 571 g/mol. The van der Waals surface area contributed by atoms with Crippen LogP contribution in [0.2, 0.25) is 0 Å². The summed E-state index contributed by atoms with van der Waals surface area (Å²) in [4.78, 5) is 6.07. The van der Waals surface area contributed by atoms with Gasteiger partial charge in [0.1, 0.15) is 17.6 Å². The SMILES string of the molecule is C#CCOCc1sc2c(sc3c(C)c(-c4sc5c(c4C)S(=O)(=O)c4c-5sc(C#N)c4C)sc32)c1C. The molecule has 5 aromatic heterocycles. The van der Waals surface area contributed by atoms with E-state index in [0.717, 1.165) is 25.1 Å². The van der Waals surface area contributed by atoms with Crippen LogP contribution >= 0.6 is 56.7 Å². The van der Waals surface area contributed by atoms with Gasteiger partial charge in [0, 0.05) is 14.6 Å². The number of aryl methyl sites for hydroxylation is 2. The first-order chi connectivity index (χ1) is 16.7. The van der Waals surface area contributed by atoms with Gasteiger partial charge in [-0.15, -0.1) is 63.1 Å². The number of fused-ring (bicyclic) bond motifs is 6. The van der Waals surface area contributed by atoms with Crippen LogP contribution in [-0.2, 0) is 21.2 Å². The summed E-state index contributed by atoms with van der Waals surface area (Å²) in [5.41, 5.74) is 3.83. The molecule has 176 valence electrons. The maximum absolute atomic E-state index is 13.5. The van der Waals surface area contributed by atoms with Crippen molar-refractivity contribution in [1.29, 1.82) is 5.26 Å². The van der Waals surface area contributed by atoms with E-state index >= 15 is 0 Å². The number of nitriles is 1. The quantitative estimate of drug-likeness (QED) is 0.159. The minimum atomic E-state index is -3.63. The Kier molecular flexibility index (Phi) is 5.34. The highest BCUT2D eigenvalue weighted by atomic mass is 32.2. The number of nitrogens with zero attached hydrogens (tertiary/aromatic N) is 1. The van der Waals surface area contributed by atoms with Crippen molar-refractivity contribution in [3.63, 3.8) is 0 Å². The lowest BCUT2D eigenvalue weighted by Crippen LogP contribution is -1.99. The molecule has 0 bridgehead atoms. The maximum atomic E-state index is 13.5. The Balaban J connectivity index is 1.52. The lowest BCUT2D eigenvalue weighted by Gasteiger charge is -2.03. The molecule has 6 heterocycles. The summed E-state index contributed by atoms with van der Waals surface area (Å²) in [6.07, 6.45) is 5.31. The summed E-state index contributed by atoms with van der Waals surface area (Å²) in [6, 6.07) is 2.15. The van der Waals surface area contributed by atoms with Gasteiger partial charge in [-0.2, -0.15) is 5.26 Å². The topological polar surface area (TPSA) is 67.2 Å². The highest BCUT2D eigenvalue weighted by Crippen LogP contribution is 2.59. The van der Waals surface area contributed by atoms with Gasteiger partial charge in [-0.25, -0.2) is 8.42 Å². The molecule has 1 aliphatic heterocycles. The second kappa shape index (κ2) is 7.99. The van der Waals surface area contributed by atoms with Crippen molar-refractivity contribution >= 4 is 85.3 Å². The smallest absolute Gasteiger partial charge is 0.210 e. The van der Waals surface area contributed by atoms with Crippen LogP contribution in [0.1, 0.15) is 32.0 Å². The van der Waals surface area contributed by atoms with Gasteiger partial charge in [-0.05, 0) is 49.9 Å². The van der Waals surface area contributed by atoms with E-state index in [1.807, 2.05) is 6.92 Å². The molecule has 0 spiro atoms. The highest BCUT2D eigenvalue weighted by molar-refractivity contribution is 7.92. The van der Waals surface area contributed by atoms with E-state index in [1.165, 1.54) is 46.1 Å². The van der Waals surface area contributed by atoms with E-state index in [-0.39, 0.29) is 0 Å². The average molecular weight is 572 g/mol. The van der Waals surface area contributed by atoms with Crippen molar-refractivity contribution in [2.24, 2.45) is 0 Å². The molecule has 0 radical (unpaired) electrons. The van der Waals surface area contributed by atoms with Gasteiger partial charge >= 0.3 is 0 Å². The number of thiophene rings is 5. The lowest BCUT2D eigenvalue weighted by molar-refractivity contribution is 0.155. The van der Waals surface area contributed by atoms with Crippen molar-refractivity contribution < 1.29 is 13.2 Å². The molecule has 0 N–H and O–H groups in total. The van der Waals surface area contributed by atoms with Crippen molar-refractivity contribution in [3.8, 4) is 37.9 Å². The Morgan fingerprint density at radius 2 is 1.40 bits per heavy atom. The third-order valence-electron chi connectivity index (χ3n) is 6.35. The van der Waals surface area contributed by atoms with E-state index in [1.54, 1.807) is 52.3 Å². The van der Waals surface area contributed by atoms with Gasteiger partial charge < -0.3 is 4.74 Å². The largest absolute Gasteiger partial charge is 0.363 e. The van der Waals surface area contributed by atoms with Gasteiger partial charge in [-0.1, -0.05) is 5.92 Å². The molecule has 4 nitrogen and oxygen atoms in total. The second-order valence-electron chi connectivity index (χ2n) is 8.37. The summed E-state index contributed by atoms with van der Waals surface area (Å²) < 4.78 is 37.7. The molecular weight excluding hydrogens is 555 g/mol. The standard InChI is InChI=1S/C25H17NO3S6/c1-6-7-29-9-15-10(2)16-20(31-15)21-18(32-16)12(4)17(33-21)19-13(5)25-23(34-19)22-24(35(25,27)28)11(3)14(8-26)30-22/h1H,7,9H2,2-5H3. The Labute approximate surface area is 223 Å². The summed E-state index contributed by atoms with van der Waals surface area (Å²) in [5.74, 6) is 2.51. The van der Waals surface area contributed by atoms with Crippen molar-refractivity contribution in [3.05, 3.63) is 32.0 Å². The molecular formula is C25H17NO3S6. The first kappa shape index (κ1) is 23.4. The van der Waals surface area contributed by atoms with E-state index in [2.05, 4.69) is 25.8 Å². The Morgan fingerprint density at radius 1 is 0.771 bits per heavy atom. The maximum Gasteiger partial charge on any atom is 0.210 e. The zero-order valence-electron chi connectivity index (χ0n) is 19.1. The average Bonchev–Trinajstić information content (AvgIpc) is 3.60. The summed E-state index contributed by atoms with van der Waals surface area (Å²) in [6.45, 7) is 8.73. The molecule has 0 aliphatic carbocycles. The van der Waals surface area contributed by atoms with E-state index in [4.69, 9.17) is 11.2 Å². The molecule has 5 aromatic rings. The van der Waals surface area contributed by atoms with Gasteiger partial charge in [0.15, 0.2) is 0 Å². The summed E-state index contributed by atoms with van der Waals surface area (Å²) >= 11 is 8.13. The zero-order chi connectivity index (χ0) is 24.8. The van der Waals surface area contributed by atoms with Crippen LogP contribution in [-0.4, -0.2) is 15.0 Å².